The minimum atomic E-state index is 0.486. The second-order valence-electron chi connectivity index (χ2n) is 6.57. The summed E-state index contributed by atoms with van der Waals surface area (Å²) in [6, 6.07) is 16.0. The summed E-state index contributed by atoms with van der Waals surface area (Å²) < 4.78 is 5.89. The zero-order valence-electron chi connectivity index (χ0n) is 15.2. The van der Waals surface area contributed by atoms with Crippen LogP contribution >= 0.6 is 0 Å². The molecule has 1 aliphatic rings. The van der Waals surface area contributed by atoms with Gasteiger partial charge in [-0.1, -0.05) is 18.2 Å². The van der Waals surface area contributed by atoms with E-state index in [4.69, 9.17) is 4.74 Å². The average molecular weight is 361 g/mol. The third-order valence-corrected chi connectivity index (χ3v) is 4.62. The van der Waals surface area contributed by atoms with Crippen LogP contribution in [0, 0.1) is 0 Å². The third kappa shape index (κ3) is 4.80. The van der Waals surface area contributed by atoms with Crippen molar-refractivity contribution in [2.45, 2.75) is 13.2 Å². The summed E-state index contributed by atoms with van der Waals surface area (Å²) in [5.41, 5.74) is 2.19. The maximum atomic E-state index is 5.89. The van der Waals surface area contributed by atoms with Crippen LogP contribution in [0.1, 0.15) is 11.3 Å². The number of aromatic nitrogens is 3. The van der Waals surface area contributed by atoms with E-state index >= 15 is 0 Å². The van der Waals surface area contributed by atoms with Crippen molar-refractivity contribution in [2.24, 2.45) is 0 Å². The number of anilines is 1. The van der Waals surface area contributed by atoms with Gasteiger partial charge in [-0.3, -0.25) is 9.88 Å². The van der Waals surface area contributed by atoms with Crippen LogP contribution in [0.4, 0.5) is 5.95 Å². The number of piperazine rings is 1. The summed E-state index contributed by atoms with van der Waals surface area (Å²) in [7, 11) is 0. The van der Waals surface area contributed by atoms with Crippen molar-refractivity contribution in [3.05, 3.63) is 78.4 Å². The molecule has 0 unspecified atom stereocenters. The highest BCUT2D eigenvalue weighted by molar-refractivity contribution is 5.30. The van der Waals surface area contributed by atoms with E-state index in [0.29, 0.717) is 6.61 Å². The Bertz CT molecular complexity index is 835. The first-order valence-electron chi connectivity index (χ1n) is 9.23. The van der Waals surface area contributed by atoms with E-state index in [1.54, 1.807) is 18.6 Å². The van der Waals surface area contributed by atoms with Gasteiger partial charge in [0, 0.05) is 51.3 Å². The Hall–Kier alpha value is -2.99. The predicted molar refractivity (Wildman–Crippen MR) is 105 cm³/mol. The van der Waals surface area contributed by atoms with Gasteiger partial charge in [0.05, 0.1) is 5.69 Å². The van der Waals surface area contributed by atoms with Gasteiger partial charge in [0.1, 0.15) is 12.4 Å². The number of hydrogen-bond donors (Lipinski definition) is 0. The molecule has 0 atom stereocenters. The molecule has 0 spiro atoms. The van der Waals surface area contributed by atoms with E-state index in [-0.39, 0.29) is 0 Å². The lowest BCUT2D eigenvalue weighted by Crippen LogP contribution is -2.46. The van der Waals surface area contributed by atoms with Gasteiger partial charge >= 0.3 is 0 Å². The lowest BCUT2D eigenvalue weighted by Gasteiger charge is -2.34. The highest BCUT2D eigenvalue weighted by atomic mass is 16.5. The summed E-state index contributed by atoms with van der Waals surface area (Å²) in [4.78, 5) is 17.7. The summed E-state index contributed by atoms with van der Waals surface area (Å²) in [5, 5.41) is 0. The van der Waals surface area contributed by atoms with Crippen molar-refractivity contribution < 1.29 is 4.74 Å². The van der Waals surface area contributed by atoms with Crippen molar-refractivity contribution in [1.82, 2.24) is 19.9 Å². The Morgan fingerprint density at radius 3 is 2.41 bits per heavy atom. The minimum absolute atomic E-state index is 0.486. The number of hydrogen-bond acceptors (Lipinski definition) is 6. The average Bonchev–Trinajstić information content (AvgIpc) is 2.75. The first-order chi connectivity index (χ1) is 13.4. The molecule has 1 saturated heterocycles. The second kappa shape index (κ2) is 8.60. The molecule has 1 aliphatic heterocycles. The predicted octanol–water partition coefficient (Wildman–Crippen LogP) is 2.77. The first-order valence-corrected chi connectivity index (χ1v) is 9.23. The smallest absolute Gasteiger partial charge is 0.225 e. The molecule has 0 bridgehead atoms. The van der Waals surface area contributed by atoms with E-state index in [1.807, 2.05) is 30.3 Å². The van der Waals surface area contributed by atoms with Crippen LogP contribution in [-0.4, -0.2) is 46.0 Å². The number of ether oxygens (including phenoxy) is 1. The zero-order valence-corrected chi connectivity index (χ0v) is 15.2. The third-order valence-electron chi connectivity index (χ3n) is 4.62. The normalized spacial score (nSPS) is 14.9. The lowest BCUT2D eigenvalue weighted by atomic mass is 10.2. The van der Waals surface area contributed by atoms with Crippen molar-refractivity contribution in [3.63, 3.8) is 0 Å². The Morgan fingerprint density at radius 1 is 0.815 bits per heavy atom. The molecule has 138 valence electrons. The molecule has 0 amide bonds. The molecule has 0 saturated carbocycles. The second-order valence-corrected chi connectivity index (χ2v) is 6.57. The van der Waals surface area contributed by atoms with Crippen LogP contribution in [0.5, 0.6) is 5.75 Å². The first kappa shape index (κ1) is 17.4. The van der Waals surface area contributed by atoms with Gasteiger partial charge in [0.15, 0.2) is 0 Å². The summed E-state index contributed by atoms with van der Waals surface area (Å²) in [6.45, 7) is 5.29. The molecule has 1 fully saturated rings. The van der Waals surface area contributed by atoms with Crippen LogP contribution in [-0.2, 0) is 13.2 Å². The molecular formula is C21H23N5O. The molecule has 0 radical (unpaired) electrons. The number of rotatable bonds is 6. The van der Waals surface area contributed by atoms with Crippen LogP contribution in [0.15, 0.2) is 67.1 Å². The van der Waals surface area contributed by atoms with Gasteiger partial charge in [-0.25, -0.2) is 9.97 Å². The molecule has 27 heavy (non-hydrogen) atoms. The fraction of sp³-hybridized carbons (Fsp3) is 0.286. The highest BCUT2D eigenvalue weighted by Gasteiger charge is 2.18. The minimum Gasteiger partial charge on any atom is -0.487 e. The van der Waals surface area contributed by atoms with Gasteiger partial charge in [0.2, 0.25) is 5.95 Å². The Balaban J connectivity index is 1.30. The molecule has 0 aliphatic carbocycles. The van der Waals surface area contributed by atoms with Gasteiger partial charge in [-0.15, -0.1) is 0 Å². The van der Waals surface area contributed by atoms with E-state index in [1.165, 1.54) is 5.56 Å². The molecule has 3 heterocycles. The van der Waals surface area contributed by atoms with Gasteiger partial charge in [-0.05, 0) is 35.9 Å². The van der Waals surface area contributed by atoms with E-state index in [9.17, 15) is 0 Å². The summed E-state index contributed by atoms with van der Waals surface area (Å²) in [5.74, 6) is 1.71. The lowest BCUT2D eigenvalue weighted by molar-refractivity contribution is 0.247. The highest BCUT2D eigenvalue weighted by Crippen LogP contribution is 2.18. The maximum absolute atomic E-state index is 5.89. The van der Waals surface area contributed by atoms with Gasteiger partial charge < -0.3 is 9.64 Å². The van der Waals surface area contributed by atoms with E-state index in [2.05, 4.69) is 43.0 Å². The van der Waals surface area contributed by atoms with Gasteiger partial charge in [0.25, 0.3) is 0 Å². The summed E-state index contributed by atoms with van der Waals surface area (Å²) in [6.07, 6.45) is 5.38. The molecule has 1 aromatic carbocycles. The fourth-order valence-electron chi connectivity index (χ4n) is 3.19. The van der Waals surface area contributed by atoms with Crippen molar-refractivity contribution >= 4 is 5.95 Å². The van der Waals surface area contributed by atoms with Crippen LogP contribution in [0.2, 0.25) is 0 Å². The maximum Gasteiger partial charge on any atom is 0.225 e. The standard InChI is InChI=1S/C21H23N5O/c1-2-8-22-19(6-1)17-27-20-7-3-5-18(15-20)16-25-11-13-26(14-12-25)21-23-9-4-10-24-21/h1-10,15H,11-14,16-17H2. The number of nitrogens with zero attached hydrogens (tertiary/aromatic N) is 5. The number of pyridine rings is 1. The molecule has 2 aromatic heterocycles. The fourth-order valence-corrected chi connectivity index (χ4v) is 3.19. The Kier molecular flexibility index (Phi) is 5.55. The quantitative estimate of drug-likeness (QED) is 0.673. The summed E-state index contributed by atoms with van der Waals surface area (Å²) >= 11 is 0. The Labute approximate surface area is 159 Å². The largest absolute Gasteiger partial charge is 0.487 e. The Morgan fingerprint density at radius 2 is 1.63 bits per heavy atom. The SMILES string of the molecule is c1ccc(COc2cccc(CN3CCN(c4ncccn4)CC3)c2)nc1. The van der Waals surface area contributed by atoms with E-state index in [0.717, 1.165) is 50.1 Å². The van der Waals surface area contributed by atoms with Crippen molar-refractivity contribution in [1.29, 1.82) is 0 Å². The monoisotopic (exact) mass is 361 g/mol. The van der Waals surface area contributed by atoms with Crippen LogP contribution in [0.3, 0.4) is 0 Å². The van der Waals surface area contributed by atoms with Crippen LogP contribution < -0.4 is 9.64 Å². The zero-order chi connectivity index (χ0) is 18.3. The molecule has 3 aromatic rings. The van der Waals surface area contributed by atoms with Crippen LogP contribution in [0.25, 0.3) is 0 Å². The van der Waals surface area contributed by atoms with E-state index < -0.39 is 0 Å². The molecular weight excluding hydrogens is 338 g/mol. The molecule has 6 nitrogen and oxygen atoms in total. The van der Waals surface area contributed by atoms with Crippen molar-refractivity contribution in [3.8, 4) is 5.75 Å². The topological polar surface area (TPSA) is 54.4 Å². The molecule has 0 N–H and O–H groups in total. The van der Waals surface area contributed by atoms with Crippen molar-refractivity contribution in [2.75, 3.05) is 31.1 Å². The number of benzene rings is 1. The molecule has 4 rings (SSSR count). The van der Waals surface area contributed by atoms with Gasteiger partial charge in [-0.2, -0.15) is 0 Å². The molecule has 6 heteroatoms.